The van der Waals surface area contributed by atoms with Crippen LogP contribution in [0.5, 0.6) is 11.5 Å². The van der Waals surface area contributed by atoms with Crippen LogP contribution in [0.1, 0.15) is 15.9 Å². The van der Waals surface area contributed by atoms with E-state index in [4.69, 9.17) is 21.1 Å². The second kappa shape index (κ2) is 8.43. The molecule has 1 N–H and O–H groups in total. The van der Waals surface area contributed by atoms with Gasteiger partial charge in [0.15, 0.2) is 0 Å². The molecule has 0 saturated carbocycles. The number of carbonyl (C=O) groups is 1. The number of hydrogen-bond donors (Lipinski definition) is 1. The molecule has 0 atom stereocenters. The highest BCUT2D eigenvalue weighted by Gasteiger charge is 2.15. The molecule has 150 valence electrons. The number of pyridine rings is 1. The van der Waals surface area contributed by atoms with Gasteiger partial charge in [0.05, 0.1) is 18.4 Å². The molecule has 0 aliphatic carbocycles. The summed E-state index contributed by atoms with van der Waals surface area (Å²) in [4.78, 5) is 16.4. The van der Waals surface area contributed by atoms with Crippen LogP contribution in [0.4, 0.5) is 0 Å². The van der Waals surface area contributed by atoms with Crippen LogP contribution >= 0.6 is 11.6 Å². The molecule has 0 saturated heterocycles. The van der Waals surface area contributed by atoms with Crippen LogP contribution in [0.15, 0.2) is 72.8 Å². The Balaban J connectivity index is 1.63. The number of para-hydroxylation sites is 1. The maximum atomic E-state index is 11.8. The van der Waals surface area contributed by atoms with Gasteiger partial charge in [0, 0.05) is 16.0 Å². The predicted octanol–water partition coefficient (Wildman–Crippen LogP) is 5.84. The molecule has 1 aromatic heterocycles. The summed E-state index contributed by atoms with van der Waals surface area (Å²) in [5, 5.41) is 10.9. The summed E-state index contributed by atoms with van der Waals surface area (Å²) in [6, 6.07) is 21.7. The van der Waals surface area contributed by atoms with Crippen molar-refractivity contribution in [1.82, 2.24) is 4.98 Å². The molecule has 4 aromatic rings. The van der Waals surface area contributed by atoms with Crippen LogP contribution < -0.4 is 9.47 Å². The number of carboxylic acid groups (broad SMARTS) is 1. The fourth-order valence-corrected chi connectivity index (χ4v) is 3.31. The number of benzene rings is 3. The fourth-order valence-electron chi connectivity index (χ4n) is 3.18. The van der Waals surface area contributed by atoms with E-state index in [9.17, 15) is 9.90 Å². The van der Waals surface area contributed by atoms with Crippen molar-refractivity contribution < 1.29 is 19.4 Å². The van der Waals surface area contributed by atoms with Crippen molar-refractivity contribution in [3.05, 3.63) is 88.9 Å². The van der Waals surface area contributed by atoms with Crippen molar-refractivity contribution in [1.29, 1.82) is 0 Å². The van der Waals surface area contributed by atoms with Crippen molar-refractivity contribution >= 4 is 28.5 Å². The molecule has 0 fully saturated rings. The molecule has 4 rings (SSSR count). The topological polar surface area (TPSA) is 68.7 Å². The van der Waals surface area contributed by atoms with Gasteiger partial charge in [-0.2, -0.15) is 0 Å². The number of aromatic carboxylic acids is 1. The Hall–Kier alpha value is -3.57. The minimum Gasteiger partial charge on any atom is -0.494 e. The molecule has 1 heterocycles. The first-order valence-electron chi connectivity index (χ1n) is 9.24. The number of fused-ring (bicyclic) bond motifs is 1. The van der Waals surface area contributed by atoms with E-state index in [1.165, 1.54) is 7.11 Å². The highest BCUT2D eigenvalue weighted by atomic mass is 35.5. The molecule has 5 nitrogen and oxygen atoms in total. The molecule has 6 heteroatoms. The number of methoxy groups -OCH3 is 1. The van der Waals surface area contributed by atoms with Crippen molar-refractivity contribution in [2.24, 2.45) is 0 Å². The summed E-state index contributed by atoms with van der Waals surface area (Å²) in [5.41, 5.74) is 3.03. The van der Waals surface area contributed by atoms with Gasteiger partial charge in [-0.3, -0.25) is 0 Å². The first-order chi connectivity index (χ1) is 14.5. The normalized spacial score (nSPS) is 10.7. The molecule has 0 aliphatic rings. The van der Waals surface area contributed by atoms with Crippen molar-refractivity contribution in [3.8, 4) is 22.8 Å². The van der Waals surface area contributed by atoms with E-state index in [1.54, 1.807) is 24.3 Å². The second-order valence-corrected chi connectivity index (χ2v) is 7.09. The lowest BCUT2D eigenvalue weighted by Gasteiger charge is -2.11. The summed E-state index contributed by atoms with van der Waals surface area (Å²) >= 11 is 5.90. The Morgan fingerprint density at radius 1 is 1.03 bits per heavy atom. The van der Waals surface area contributed by atoms with Gasteiger partial charge >= 0.3 is 5.97 Å². The van der Waals surface area contributed by atoms with Crippen LogP contribution in [-0.4, -0.2) is 23.2 Å². The Kier molecular flexibility index (Phi) is 5.55. The van der Waals surface area contributed by atoms with Crippen LogP contribution in [0, 0.1) is 0 Å². The van der Waals surface area contributed by atoms with Gasteiger partial charge in [-0.25, -0.2) is 9.78 Å². The van der Waals surface area contributed by atoms with Gasteiger partial charge in [-0.1, -0.05) is 35.9 Å². The maximum absolute atomic E-state index is 11.8. The highest BCUT2D eigenvalue weighted by Crippen LogP contribution is 2.31. The monoisotopic (exact) mass is 419 g/mol. The molecule has 0 bridgehead atoms. The Morgan fingerprint density at radius 2 is 1.77 bits per heavy atom. The highest BCUT2D eigenvalue weighted by molar-refractivity contribution is 6.30. The smallest absolute Gasteiger partial charge is 0.336 e. The summed E-state index contributed by atoms with van der Waals surface area (Å²) < 4.78 is 11.2. The van der Waals surface area contributed by atoms with E-state index in [2.05, 4.69) is 4.98 Å². The lowest BCUT2D eigenvalue weighted by molar-refractivity contribution is 0.0699. The molecule has 0 amide bonds. The van der Waals surface area contributed by atoms with Crippen LogP contribution in [0.25, 0.3) is 22.2 Å². The number of halogens is 1. The van der Waals surface area contributed by atoms with Gasteiger partial charge in [0.2, 0.25) is 0 Å². The Labute approximate surface area is 178 Å². The van der Waals surface area contributed by atoms with Crippen LogP contribution in [-0.2, 0) is 6.61 Å². The first-order valence-corrected chi connectivity index (χ1v) is 9.61. The summed E-state index contributed by atoms with van der Waals surface area (Å²) in [6.45, 7) is 0.422. The maximum Gasteiger partial charge on any atom is 0.336 e. The average Bonchev–Trinajstić information content (AvgIpc) is 2.77. The van der Waals surface area contributed by atoms with Gasteiger partial charge in [0.1, 0.15) is 23.6 Å². The standard InChI is InChI=1S/C24H18ClNO4/c1-29-22-4-2-3-19-20(24(27)28)13-21(26-23(19)22)16-7-11-18(12-8-16)30-14-15-5-9-17(25)10-6-15/h2-13H,14H2,1H3,(H,27,28). The SMILES string of the molecule is COc1cccc2c(C(=O)O)cc(-c3ccc(OCc4ccc(Cl)cc4)cc3)nc12. The zero-order valence-electron chi connectivity index (χ0n) is 16.1. The molecular formula is C24H18ClNO4. The molecular weight excluding hydrogens is 402 g/mol. The zero-order valence-corrected chi connectivity index (χ0v) is 16.9. The Bertz CT molecular complexity index is 1200. The van der Waals surface area contributed by atoms with Crippen molar-refractivity contribution in [3.63, 3.8) is 0 Å². The number of aromatic nitrogens is 1. The van der Waals surface area contributed by atoms with Crippen LogP contribution in [0.3, 0.4) is 0 Å². The Morgan fingerprint density at radius 3 is 2.43 bits per heavy atom. The minimum atomic E-state index is -1.01. The van der Waals surface area contributed by atoms with Gasteiger partial charge in [-0.05, 0) is 54.1 Å². The van der Waals surface area contributed by atoms with Gasteiger partial charge < -0.3 is 14.6 Å². The third kappa shape index (κ3) is 4.07. The third-order valence-electron chi connectivity index (χ3n) is 4.72. The van der Waals surface area contributed by atoms with E-state index in [0.29, 0.717) is 39.7 Å². The van der Waals surface area contributed by atoms with E-state index < -0.39 is 5.97 Å². The van der Waals surface area contributed by atoms with Crippen LogP contribution in [0.2, 0.25) is 5.02 Å². The lowest BCUT2D eigenvalue weighted by atomic mass is 10.0. The molecule has 0 radical (unpaired) electrons. The summed E-state index contributed by atoms with van der Waals surface area (Å²) in [5.74, 6) is 0.213. The number of nitrogens with zero attached hydrogens (tertiary/aromatic N) is 1. The third-order valence-corrected chi connectivity index (χ3v) is 4.97. The number of ether oxygens (including phenoxy) is 2. The average molecular weight is 420 g/mol. The first kappa shape index (κ1) is 19.7. The largest absolute Gasteiger partial charge is 0.494 e. The molecule has 0 aliphatic heterocycles. The zero-order chi connectivity index (χ0) is 21.1. The van der Waals surface area contributed by atoms with E-state index in [-0.39, 0.29) is 5.56 Å². The van der Waals surface area contributed by atoms with Crippen molar-refractivity contribution in [2.75, 3.05) is 7.11 Å². The molecule has 0 spiro atoms. The van der Waals surface area contributed by atoms with E-state index in [1.807, 2.05) is 48.5 Å². The van der Waals surface area contributed by atoms with Gasteiger partial charge in [-0.15, -0.1) is 0 Å². The lowest BCUT2D eigenvalue weighted by Crippen LogP contribution is -2.01. The molecule has 3 aromatic carbocycles. The van der Waals surface area contributed by atoms with Crippen molar-refractivity contribution in [2.45, 2.75) is 6.61 Å². The number of hydrogen-bond acceptors (Lipinski definition) is 4. The van der Waals surface area contributed by atoms with Gasteiger partial charge in [0.25, 0.3) is 0 Å². The van der Waals surface area contributed by atoms with E-state index in [0.717, 1.165) is 11.1 Å². The minimum absolute atomic E-state index is 0.178. The summed E-state index contributed by atoms with van der Waals surface area (Å²) in [6.07, 6.45) is 0. The predicted molar refractivity (Wildman–Crippen MR) is 116 cm³/mol. The summed E-state index contributed by atoms with van der Waals surface area (Å²) in [7, 11) is 1.54. The number of carboxylic acids is 1. The fraction of sp³-hybridized carbons (Fsp3) is 0.0833. The van der Waals surface area contributed by atoms with E-state index >= 15 is 0 Å². The quantitative estimate of drug-likeness (QED) is 0.425. The molecule has 0 unspecified atom stereocenters. The second-order valence-electron chi connectivity index (χ2n) is 6.66. The molecule has 30 heavy (non-hydrogen) atoms. The number of rotatable bonds is 6.